The summed E-state index contributed by atoms with van der Waals surface area (Å²) in [5.41, 5.74) is 0.759. The van der Waals surface area contributed by atoms with E-state index in [-0.39, 0.29) is 36.2 Å². The molecule has 1 fully saturated rings. The van der Waals surface area contributed by atoms with Gasteiger partial charge >= 0.3 is 0 Å². The Morgan fingerprint density at radius 2 is 2.05 bits per heavy atom. The fourth-order valence-electron chi connectivity index (χ4n) is 3.05. The van der Waals surface area contributed by atoms with Gasteiger partial charge in [-0.25, -0.2) is 0 Å². The highest BCUT2D eigenvalue weighted by atomic mass is 32.2. The molecule has 0 saturated carbocycles. The topological polar surface area (TPSA) is 62.0 Å². The highest BCUT2D eigenvalue weighted by Gasteiger charge is 2.37. The zero-order valence-corrected chi connectivity index (χ0v) is 13.9. The number of carbonyl (C=O) groups excluding carboxylic acids is 1. The minimum Gasteiger partial charge on any atom is -0.396 e. The van der Waals surface area contributed by atoms with Crippen molar-refractivity contribution in [2.45, 2.75) is 18.7 Å². The summed E-state index contributed by atoms with van der Waals surface area (Å²) < 4.78 is 0. The van der Waals surface area contributed by atoms with Crippen molar-refractivity contribution < 1.29 is 19.9 Å². The molecule has 4 atom stereocenters. The van der Waals surface area contributed by atoms with Crippen LogP contribution in [0.2, 0.25) is 0 Å². The maximum absolute atomic E-state index is 12.4. The molecule has 0 amide bonds. The van der Waals surface area contributed by atoms with E-state index < -0.39 is 0 Å². The van der Waals surface area contributed by atoms with Crippen molar-refractivity contribution in [2.75, 3.05) is 32.1 Å². The summed E-state index contributed by atoms with van der Waals surface area (Å²) in [6.07, 6.45) is 0.799. The average Bonchev–Trinajstić information content (AvgIpc) is 3.01. The first-order valence-corrected chi connectivity index (χ1v) is 8.96. The van der Waals surface area contributed by atoms with Gasteiger partial charge in [-0.15, -0.1) is 0 Å². The smallest absolute Gasteiger partial charge is 0.216 e. The summed E-state index contributed by atoms with van der Waals surface area (Å²) in [5.74, 6) is 1.50. The van der Waals surface area contributed by atoms with E-state index in [0.717, 1.165) is 24.3 Å². The monoisotopic (exact) mass is 324 g/mol. The number of Topliss-reactive ketones (excluding diaryl/α,β-unsaturated/α-hetero) is 1. The highest BCUT2D eigenvalue weighted by molar-refractivity contribution is 7.99. The van der Waals surface area contributed by atoms with Gasteiger partial charge in [-0.1, -0.05) is 49.0 Å². The fourth-order valence-corrected chi connectivity index (χ4v) is 4.59. The van der Waals surface area contributed by atoms with Gasteiger partial charge < -0.3 is 15.1 Å². The number of hydrogen-bond donors (Lipinski definition) is 3. The van der Waals surface area contributed by atoms with Crippen molar-refractivity contribution >= 4 is 17.5 Å². The van der Waals surface area contributed by atoms with E-state index in [9.17, 15) is 15.0 Å². The van der Waals surface area contributed by atoms with Crippen LogP contribution in [0.4, 0.5) is 0 Å². The lowest BCUT2D eigenvalue weighted by Gasteiger charge is -2.27. The molecule has 122 valence electrons. The Labute approximate surface area is 136 Å². The first-order valence-electron chi connectivity index (χ1n) is 7.91. The van der Waals surface area contributed by atoms with Crippen LogP contribution in [0.5, 0.6) is 0 Å². The van der Waals surface area contributed by atoms with Gasteiger partial charge in [0.2, 0.25) is 5.78 Å². The lowest BCUT2D eigenvalue weighted by atomic mass is 9.96. The molecule has 1 aliphatic heterocycles. The molecule has 3 N–H and O–H groups in total. The van der Waals surface area contributed by atoms with Crippen molar-refractivity contribution in [3.05, 3.63) is 35.9 Å². The van der Waals surface area contributed by atoms with Gasteiger partial charge in [0.15, 0.2) is 0 Å². The van der Waals surface area contributed by atoms with Crippen LogP contribution in [0.3, 0.4) is 0 Å². The molecule has 1 aromatic rings. The lowest BCUT2D eigenvalue weighted by Crippen LogP contribution is -3.15. The standard InChI is InChI=1S/C17H25NO3S/c1-13(11-19)9-15(12-20)17-18(7-8-22-17)10-16(21)14-5-3-2-4-6-14/h2-6,13,15,17,19-20H,7-12H2,1H3/p+1. The summed E-state index contributed by atoms with van der Waals surface area (Å²) in [6, 6.07) is 9.40. The number of nitrogens with one attached hydrogen (secondary N) is 1. The molecule has 4 nitrogen and oxygen atoms in total. The highest BCUT2D eigenvalue weighted by Crippen LogP contribution is 2.24. The van der Waals surface area contributed by atoms with Crippen molar-refractivity contribution in [1.29, 1.82) is 0 Å². The predicted molar refractivity (Wildman–Crippen MR) is 89.2 cm³/mol. The molecule has 2 rings (SSSR count). The third kappa shape index (κ3) is 4.56. The van der Waals surface area contributed by atoms with Crippen LogP contribution in [-0.2, 0) is 0 Å². The molecule has 0 radical (unpaired) electrons. The molecule has 0 bridgehead atoms. The van der Waals surface area contributed by atoms with Gasteiger partial charge in [-0.2, -0.15) is 0 Å². The number of thioether (sulfide) groups is 1. The van der Waals surface area contributed by atoms with Gasteiger partial charge in [0, 0.05) is 23.8 Å². The molecular formula is C17H26NO3S+. The van der Waals surface area contributed by atoms with Crippen molar-refractivity contribution in [1.82, 2.24) is 0 Å². The Bertz CT molecular complexity index is 468. The molecule has 1 aliphatic rings. The lowest BCUT2D eigenvalue weighted by molar-refractivity contribution is -0.898. The van der Waals surface area contributed by atoms with E-state index >= 15 is 0 Å². The zero-order valence-electron chi connectivity index (χ0n) is 13.1. The van der Waals surface area contributed by atoms with Crippen molar-refractivity contribution in [3.8, 4) is 0 Å². The Hall–Kier alpha value is -0.880. The summed E-state index contributed by atoms with van der Waals surface area (Å²) in [4.78, 5) is 13.7. The first-order chi connectivity index (χ1) is 10.7. The molecule has 0 spiro atoms. The minimum atomic E-state index is 0.116. The number of carbonyl (C=O) groups is 1. The van der Waals surface area contributed by atoms with Crippen molar-refractivity contribution in [3.63, 3.8) is 0 Å². The van der Waals surface area contributed by atoms with Crippen LogP contribution in [0, 0.1) is 11.8 Å². The molecule has 4 unspecified atom stereocenters. The van der Waals surface area contributed by atoms with E-state index in [0.29, 0.717) is 6.54 Å². The maximum atomic E-state index is 12.4. The molecule has 5 heteroatoms. The third-order valence-electron chi connectivity index (χ3n) is 4.29. The van der Waals surface area contributed by atoms with Crippen molar-refractivity contribution in [2.24, 2.45) is 11.8 Å². The Morgan fingerprint density at radius 3 is 2.68 bits per heavy atom. The second-order valence-corrected chi connectivity index (χ2v) is 7.38. The van der Waals surface area contributed by atoms with Gasteiger partial charge in [-0.05, 0) is 12.3 Å². The number of ketones is 1. The van der Waals surface area contributed by atoms with Crippen LogP contribution < -0.4 is 4.90 Å². The van der Waals surface area contributed by atoms with Gasteiger partial charge in [0.25, 0.3) is 0 Å². The summed E-state index contributed by atoms with van der Waals surface area (Å²) in [5, 5.41) is 19.2. The molecule has 0 aromatic heterocycles. The SMILES string of the molecule is CC(CO)CC(CO)C1SCC[NH+]1CC(=O)c1ccccc1. The summed E-state index contributed by atoms with van der Waals surface area (Å²) in [7, 11) is 0. The zero-order chi connectivity index (χ0) is 15.9. The summed E-state index contributed by atoms with van der Waals surface area (Å²) >= 11 is 1.84. The number of quaternary nitrogens is 1. The second-order valence-electron chi connectivity index (χ2n) is 6.13. The van der Waals surface area contributed by atoms with Crippen LogP contribution in [0.15, 0.2) is 30.3 Å². The largest absolute Gasteiger partial charge is 0.396 e. The Morgan fingerprint density at radius 1 is 1.32 bits per heavy atom. The molecule has 22 heavy (non-hydrogen) atoms. The predicted octanol–water partition coefficient (Wildman–Crippen LogP) is 0.454. The van der Waals surface area contributed by atoms with E-state index in [1.165, 1.54) is 4.90 Å². The molecule has 1 saturated heterocycles. The average molecular weight is 324 g/mol. The van der Waals surface area contributed by atoms with Gasteiger partial charge in [0.1, 0.15) is 11.9 Å². The van der Waals surface area contributed by atoms with E-state index in [2.05, 4.69) is 0 Å². The maximum Gasteiger partial charge on any atom is 0.216 e. The number of aliphatic hydroxyl groups excluding tert-OH is 2. The van der Waals surface area contributed by atoms with Crippen LogP contribution in [0.25, 0.3) is 0 Å². The quantitative estimate of drug-likeness (QED) is 0.608. The molecule has 1 heterocycles. The van der Waals surface area contributed by atoms with E-state index in [1.807, 2.05) is 49.0 Å². The van der Waals surface area contributed by atoms with E-state index in [1.54, 1.807) is 0 Å². The normalized spacial score (nSPS) is 24.1. The summed E-state index contributed by atoms with van der Waals surface area (Å²) in [6.45, 7) is 3.69. The number of hydrogen-bond acceptors (Lipinski definition) is 4. The second kappa shape index (κ2) is 8.67. The molecule has 1 aromatic carbocycles. The minimum absolute atomic E-state index is 0.116. The van der Waals surface area contributed by atoms with Gasteiger partial charge in [-0.3, -0.25) is 4.79 Å². The first kappa shape index (κ1) is 17.5. The number of rotatable bonds is 8. The van der Waals surface area contributed by atoms with E-state index in [4.69, 9.17) is 0 Å². The number of benzene rings is 1. The van der Waals surface area contributed by atoms with Crippen LogP contribution in [-0.4, -0.2) is 53.4 Å². The number of aliphatic hydroxyl groups is 2. The van der Waals surface area contributed by atoms with Crippen LogP contribution in [0.1, 0.15) is 23.7 Å². The Kier molecular flexibility index (Phi) is 6.89. The van der Waals surface area contributed by atoms with Gasteiger partial charge in [0.05, 0.1) is 13.2 Å². The fraction of sp³-hybridized carbons (Fsp3) is 0.588. The van der Waals surface area contributed by atoms with Crippen LogP contribution >= 0.6 is 11.8 Å². The third-order valence-corrected chi connectivity index (χ3v) is 5.80. The molecule has 0 aliphatic carbocycles. The Balaban J connectivity index is 1.99. The molecular weight excluding hydrogens is 298 g/mol.